The van der Waals surface area contributed by atoms with Crippen LogP contribution in [0.3, 0.4) is 0 Å². The van der Waals surface area contributed by atoms with Crippen LogP contribution >= 0.6 is 11.3 Å². The highest BCUT2D eigenvalue weighted by Crippen LogP contribution is 2.40. The second kappa shape index (κ2) is 6.02. The summed E-state index contributed by atoms with van der Waals surface area (Å²) >= 11 is 1.63. The number of aromatic nitrogens is 2. The van der Waals surface area contributed by atoms with Crippen LogP contribution in [0.15, 0.2) is 29.9 Å². The van der Waals surface area contributed by atoms with E-state index in [1.165, 1.54) is 0 Å². The second-order valence-electron chi connectivity index (χ2n) is 6.46. The van der Waals surface area contributed by atoms with E-state index in [-0.39, 0.29) is 18.1 Å². The van der Waals surface area contributed by atoms with Crippen LogP contribution in [0.2, 0.25) is 0 Å². The molecule has 5 nitrogen and oxygen atoms in total. The number of hydrogen-bond donors (Lipinski definition) is 2. The smallest absolute Gasteiger partial charge is 0.254 e. The minimum absolute atomic E-state index is 0.0472. The summed E-state index contributed by atoms with van der Waals surface area (Å²) in [5.74, 6) is 1.48. The molecule has 0 bridgehead atoms. The number of nitrogens with zero attached hydrogens (tertiary/aromatic N) is 2. The minimum Gasteiger partial charge on any atom is -0.393 e. The summed E-state index contributed by atoms with van der Waals surface area (Å²) in [6.07, 6.45) is 6.78. The first kappa shape index (κ1) is 14.8. The molecule has 0 unspecified atom stereocenters. The van der Waals surface area contributed by atoms with Crippen molar-refractivity contribution >= 4 is 17.2 Å². The van der Waals surface area contributed by atoms with Gasteiger partial charge in [0.1, 0.15) is 5.82 Å². The van der Waals surface area contributed by atoms with Crippen molar-refractivity contribution in [2.75, 3.05) is 0 Å². The van der Waals surface area contributed by atoms with Gasteiger partial charge in [-0.15, -0.1) is 11.3 Å². The maximum Gasteiger partial charge on any atom is 0.254 e. The number of carbonyl (C=O) groups is 1. The summed E-state index contributed by atoms with van der Waals surface area (Å²) in [4.78, 5) is 22.3. The Balaban J connectivity index is 1.48. The van der Waals surface area contributed by atoms with E-state index < -0.39 is 0 Å². The van der Waals surface area contributed by atoms with Crippen molar-refractivity contribution in [1.29, 1.82) is 0 Å². The summed E-state index contributed by atoms with van der Waals surface area (Å²) in [5, 5.41) is 14.7. The zero-order valence-corrected chi connectivity index (χ0v) is 13.5. The van der Waals surface area contributed by atoms with Crippen LogP contribution in [0.1, 0.15) is 58.7 Å². The molecule has 1 atom stereocenters. The molecule has 0 radical (unpaired) electrons. The van der Waals surface area contributed by atoms with Gasteiger partial charge in [0.25, 0.3) is 5.91 Å². The monoisotopic (exact) mass is 329 g/mol. The first-order valence-electron chi connectivity index (χ1n) is 8.05. The number of thiophene rings is 1. The molecule has 0 aliphatic heterocycles. The van der Waals surface area contributed by atoms with E-state index in [1.54, 1.807) is 23.7 Å². The van der Waals surface area contributed by atoms with Gasteiger partial charge in [0, 0.05) is 23.2 Å². The Bertz CT molecular complexity index is 676. The Kier molecular flexibility index (Phi) is 3.87. The number of hydrogen-bond acceptors (Lipinski definition) is 5. The second-order valence-corrected chi connectivity index (χ2v) is 7.44. The van der Waals surface area contributed by atoms with E-state index in [2.05, 4.69) is 15.3 Å². The lowest BCUT2D eigenvalue weighted by molar-refractivity contribution is 0.0241. The van der Waals surface area contributed by atoms with Crippen molar-refractivity contribution in [2.45, 2.75) is 43.7 Å². The molecule has 6 heteroatoms. The molecule has 23 heavy (non-hydrogen) atoms. The minimum atomic E-state index is -0.236. The molecule has 2 fully saturated rings. The van der Waals surface area contributed by atoms with E-state index in [0.717, 1.165) is 36.4 Å². The Morgan fingerprint density at radius 1 is 1.30 bits per heavy atom. The molecule has 0 saturated heterocycles. The zero-order valence-electron chi connectivity index (χ0n) is 12.7. The van der Waals surface area contributed by atoms with Gasteiger partial charge in [-0.05, 0) is 43.0 Å². The Morgan fingerprint density at radius 2 is 2.04 bits per heavy atom. The average Bonchev–Trinajstić information content (AvgIpc) is 3.25. The molecule has 2 N–H and O–H groups in total. The predicted molar refractivity (Wildman–Crippen MR) is 87.3 cm³/mol. The molecule has 2 aromatic rings. The van der Waals surface area contributed by atoms with E-state index in [0.29, 0.717) is 17.4 Å². The van der Waals surface area contributed by atoms with Crippen LogP contribution in [0.4, 0.5) is 0 Å². The molecule has 1 amide bonds. The summed E-state index contributed by atoms with van der Waals surface area (Å²) in [7, 11) is 0. The summed E-state index contributed by atoms with van der Waals surface area (Å²) < 4.78 is 0. The van der Waals surface area contributed by atoms with E-state index >= 15 is 0 Å². The molecule has 4 rings (SSSR count). The summed E-state index contributed by atoms with van der Waals surface area (Å²) in [6, 6.07) is 3.98. The van der Waals surface area contributed by atoms with Gasteiger partial charge in [-0.3, -0.25) is 4.79 Å². The van der Waals surface area contributed by atoms with Gasteiger partial charge in [-0.25, -0.2) is 9.97 Å². The van der Waals surface area contributed by atoms with Crippen molar-refractivity contribution in [3.05, 3.63) is 46.2 Å². The fourth-order valence-corrected chi connectivity index (χ4v) is 3.89. The topological polar surface area (TPSA) is 75.1 Å². The van der Waals surface area contributed by atoms with Crippen LogP contribution in [-0.2, 0) is 0 Å². The van der Waals surface area contributed by atoms with Crippen LogP contribution in [0.5, 0.6) is 0 Å². The molecule has 2 heterocycles. The number of rotatable bonds is 5. The van der Waals surface area contributed by atoms with Gasteiger partial charge in [0.2, 0.25) is 0 Å². The average molecular weight is 329 g/mol. The number of amides is 1. The van der Waals surface area contributed by atoms with E-state index in [4.69, 9.17) is 0 Å². The largest absolute Gasteiger partial charge is 0.393 e. The van der Waals surface area contributed by atoms with Gasteiger partial charge >= 0.3 is 0 Å². The fourth-order valence-electron chi connectivity index (χ4n) is 3.02. The quantitative estimate of drug-likeness (QED) is 0.884. The molecule has 2 aromatic heterocycles. The van der Waals surface area contributed by atoms with Crippen molar-refractivity contribution < 1.29 is 9.90 Å². The van der Waals surface area contributed by atoms with Crippen LogP contribution in [0.25, 0.3) is 0 Å². The van der Waals surface area contributed by atoms with Gasteiger partial charge in [-0.1, -0.05) is 6.07 Å². The standard InChI is InChI=1S/C17H19N3O2S/c21-13-6-11(7-13)15(14-2-1-5-23-14)20-17(22)12-8-18-16(19-9-12)10-3-4-10/h1-2,5,8-11,13,15,21H,3-4,6-7H2,(H,20,22)/t11?,13?,15-/m0/s1. The Morgan fingerprint density at radius 3 is 2.61 bits per heavy atom. The van der Waals surface area contributed by atoms with Crippen LogP contribution in [-0.4, -0.2) is 27.1 Å². The lowest BCUT2D eigenvalue weighted by Gasteiger charge is -2.37. The normalized spacial score (nSPS) is 24.7. The van der Waals surface area contributed by atoms with Crippen LogP contribution in [0, 0.1) is 5.92 Å². The number of aliphatic hydroxyl groups excluding tert-OH is 1. The highest BCUT2D eigenvalue weighted by molar-refractivity contribution is 7.10. The summed E-state index contributed by atoms with van der Waals surface area (Å²) in [6.45, 7) is 0. The van der Waals surface area contributed by atoms with Crippen LogP contribution < -0.4 is 5.32 Å². The maximum atomic E-state index is 12.5. The number of nitrogens with one attached hydrogen (secondary N) is 1. The highest BCUT2D eigenvalue weighted by atomic mass is 32.1. The molecular formula is C17H19N3O2S. The highest BCUT2D eigenvalue weighted by Gasteiger charge is 2.36. The first-order chi connectivity index (χ1) is 11.2. The van der Waals surface area contributed by atoms with Gasteiger partial charge in [0.15, 0.2) is 0 Å². The number of aliphatic hydroxyl groups is 1. The SMILES string of the molecule is O=C(N[C@H](c1cccs1)C1CC(O)C1)c1cnc(C2CC2)nc1. The van der Waals surface area contributed by atoms with Gasteiger partial charge in [-0.2, -0.15) is 0 Å². The third kappa shape index (κ3) is 3.14. The Labute approximate surface area is 138 Å². The molecular weight excluding hydrogens is 310 g/mol. The van der Waals surface area contributed by atoms with Gasteiger partial charge in [0.05, 0.1) is 17.7 Å². The fraction of sp³-hybridized carbons (Fsp3) is 0.471. The lowest BCUT2D eigenvalue weighted by atomic mass is 9.76. The third-order valence-electron chi connectivity index (χ3n) is 4.63. The molecule has 120 valence electrons. The zero-order chi connectivity index (χ0) is 15.8. The summed E-state index contributed by atoms with van der Waals surface area (Å²) in [5.41, 5.74) is 0.496. The Hall–Kier alpha value is -1.79. The molecule has 2 aliphatic carbocycles. The van der Waals surface area contributed by atoms with Crippen molar-refractivity contribution in [2.24, 2.45) is 5.92 Å². The molecule has 0 aromatic carbocycles. The third-order valence-corrected chi connectivity index (χ3v) is 5.59. The maximum absolute atomic E-state index is 12.5. The van der Waals surface area contributed by atoms with E-state index in [9.17, 15) is 9.90 Å². The van der Waals surface area contributed by atoms with Crippen molar-refractivity contribution in [3.8, 4) is 0 Å². The van der Waals surface area contributed by atoms with Crippen molar-refractivity contribution in [1.82, 2.24) is 15.3 Å². The molecule has 2 aliphatic rings. The van der Waals surface area contributed by atoms with Gasteiger partial charge < -0.3 is 10.4 Å². The molecule has 2 saturated carbocycles. The van der Waals surface area contributed by atoms with Crippen molar-refractivity contribution in [3.63, 3.8) is 0 Å². The number of carbonyl (C=O) groups excluding carboxylic acids is 1. The molecule has 0 spiro atoms. The first-order valence-corrected chi connectivity index (χ1v) is 8.93. The lowest BCUT2D eigenvalue weighted by Crippen LogP contribution is -2.41. The predicted octanol–water partition coefficient (Wildman–Crippen LogP) is 2.66. The van der Waals surface area contributed by atoms with E-state index in [1.807, 2.05) is 17.5 Å².